The Kier molecular flexibility index (Phi) is 6.67. The Hall–Kier alpha value is -2.05. The lowest BCUT2D eigenvalue weighted by Crippen LogP contribution is -2.49. The van der Waals surface area contributed by atoms with E-state index < -0.39 is 16.1 Å². The van der Waals surface area contributed by atoms with E-state index in [1.165, 1.54) is 4.31 Å². The van der Waals surface area contributed by atoms with Gasteiger partial charge in [0, 0.05) is 11.6 Å². The predicted molar refractivity (Wildman–Crippen MR) is 106 cm³/mol. The summed E-state index contributed by atoms with van der Waals surface area (Å²) in [5.74, 6) is -0.339. The first-order valence-electron chi connectivity index (χ1n) is 8.30. The summed E-state index contributed by atoms with van der Waals surface area (Å²) in [6.45, 7) is 3.98. The molecule has 2 aromatic rings. The van der Waals surface area contributed by atoms with Gasteiger partial charge in [0.1, 0.15) is 6.04 Å². The van der Waals surface area contributed by atoms with Crippen LogP contribution in [0.4, 0.5) is 5.69 Å². The minimum absolute atomic E-state index is 0.303. The van der Waals surface area contributed by atoms with Crippen molar-refractivity contribution in [2.75, 3.05) is 10.6 Å². The molecule has 0 bridgehead atoms. The van der Waals surface area contributed by atoms with Crippen molar-refractivity contribution in [3.63, 3.8) is 0 Å². The van der Waals surface area contributed by atoms with Crippen LogP contribution in [-0.2, 0) is 21.4 Å². The van der Waals surface area contributed by atoms with Crippen LogP contribution in [0.2, 0.25) is 5.02 Å². The van der Waals surface area contributed by atoms with Gasteiger partial charge in [-0.05, 0) is 48.7 Å². The number of carbonyl (C=O) groups is 1. The highest BCUT2D eigenvalue weighted by atomic mass is 35.5. The zero-order valence-corrected chi connectivity index (χ0v) is 16.6. The molecule has 0 fully saturated rings. The molecule has 1 atom stereocenters. The first-order chi connectivity index (χ1) is 12.2. The van der Waals surface area contributed by atoms with E-state index in [-0.39, 0.29) is 5.91 Å². The molecule has 26 heavy (non-hydrogen) atoms. The summed E-state index contributed by atoms with van der Waals surface area (Å²) < 4.78 is 26.0. The molecule has 0 radical (unpaired) electrons. The van der Waals surface area contributed by atoms with Gasteiger partial charge < -0.3 is 5.32 Å². The van der Waals surface area contributed by atoms with Crippen molar-refractivity contribution in [3.8, 4) is 0 Å². The predicted octanol–water partition coefficient (Wildman–Crippen LogP) is 3.51. The minimum Gasteiger partial charge on any atom is -0.350 e. The first-order valence-corrected chi connectivity index (χ1v) is 10.5. The number of hydrogen-bond donors (Lipinski definition) is 1. The molecule has 1 amide bonds. The normalized spacial score (nSPS) is 12.5. The molecule has 140 valence electrons. The summed E-state index contributed by atoms with van der Waals surface area (Å²) >= 11 is 5.86. The summed E-state index contributed by atoms with van der Waals surface area (Å²) in [5, 5.41) is 3.44. The molecular weight excluding hydrogens is 372 g/mol. The second kappa shape index (κ2) is 8.56. The highest BCUT2D eigenvalue weighted by Crippen LogP contribution is 2.23. The molecule has 0 saturated heterocycles. The molecule has 1 N–H and O–H groups in total. The van der Waals surface area contributed by atoms with E-state index in [1.807, 2.05) is 25.1 Å². The van der Waals surface area contributed by atoms with E-state index in [1.54, 1.807) is 37.3 Å². The van der Waals surface area contributed by atoms with Gasteiger partial charge in [0.15, 0.2) is 0 Å². The van der Waals surface area contributed by atoms with Crippen molar-refractivity contribution in [1.82, 2.24) is 5.32 Å². The molecule has 0 aromatic heterocycles. The van der Waals surface area contributed by atoms with Crippen LogP contribution in [0.1, 0.15) is 24.5 Å². The fraction of sp³-hybridized carbons (Fsp3) is 0.316. The number of sulfonamides is 1. The molecule has 0 aliphatic carbocycles. The van der Waals surface area contributed by atoms with Crippen LogP contribution in [0, 0.1) is 6.92 Å². The summed E-state index contributed by atoms with van der Waals surface area (Å²) in [5.41, 5.74) is 2.30. The maximum Gasteiger partial charge on any atom is 0.244 e. The van der Waals surface area contributed by atoms with Gasteiger partial charge in [0.05, 0.1) is 11.9 Å². The van der Waals surface area contributed by atoms with E-state index in [0.29, 0.717) is 23.7 Å². The fourth-order valence-corrected chi connectivity index (χ4v) is 4.06. The third kappa shape index (κ3) is 5.22. The number of nitrogens with zero attached hydrogens (tertiary/aromatic N) is 1. The van der Waals surface area contributed by atoms with E-state index >= 15 is 0 Å². The number of carbonyl (C=O) groups excluding carboxylic acids is 1. The van der Waals surface area contributed by atoms with Crippen LogP contribution >= 0.6 is 11.6 Å². The standard InChI is InChI=1S/C19H23ClN2O3S/c1-4-18(19(23)21-13-15-8-10-16(20)11-9-15)22(26(3,24)25)17-7-5-6-14(2)12-17/h5-12,18H,4,13H2,1-3H3,(H,21,23). The Morgan fingerprint density at radius 3 is 2.38 bits per heavy atom. The van der Waals surface area contributed by atoms with Crippen LogP contribution in [0.15, 0.2) is 48.5 Å². The summed E-state index contributed by atoms with van der Waals surface area (Å²) in [6.07, 6.45) is 1.47. The molecule has 0 heterocycles. The maximum absolute atomic E-state index is 12.7. The van der Waals surface area contributed by atoms with Gasteiger partial charge in [-0.3, -0.25) is 9.10 Å². The number of nitrogens with one attached hydrogen (secondary N) is 1. The van der Waals surface area contributed by atoms with Crippen LogP contribution in [0.3, 0.4) is 0 Å². The van der Waals surface area contributed by atoms with E-state index in [0.717, 1.165) is 17.4 Å². The molecule has 0 spiro atoms. The highest BCUT2D eigenvalue weighted by Gasteiger charge is 2.31. The third-order valence-corrected chi connectivity index (χ3v) is 5.40. The highest BCUT2D eigenvalue weighted by molar-refractivity contribution is 7.92. The zero-order chi connectivity index (χ0) is 19.3. The maximum atomic E-state index is 12.7. The molecule has 7 heteroatoms. The molecule has 0 saturated carbocycles. The average molecular weight is 395 g/mol. The second-order valence-corrected chi connectivity index (χ2v) is 8.46. The van der Waals surface area contributed by atoms with Gasteiger partial charge in [-0.1, -0.05) is 42.8 Å². The lowest BCUT2D eigenvalue weighted by atomic mass is 10.1. The average Bonchev–Trinajstić information content (AvgIpc) is 2.57. The number of aryl methyl sites for hydroxylation is 1. The summed E-state index contributed by atoms with van der Waals surface area (Å²) in [6, 6.07) is 13.4. The summed E-state index contributed by atoms with van der Waals surface area (Å²) in [4.78, 5) is 12.7. The Bertz CT molecular complexity index is 867. The number of hydrogen-bond acceptors (Lipinski definition) is 3. The minimum atomic E-state index is -3.62. The van der Waals surface area contributed by atoms with Crippen molar-refractivity contribution in [2.45, 2.75) is 32.9 Å². The molecular formula is C19H23ClN2O3S. The number of amides is 1. The van der Waals surface area contributed by atoms with Crippen molar-refractivity contribution in [1.29, 1.82) is 0 Å². The SMILES string of the molecule is CCC(C(=O)NCc1ccc(Cl)cc1)N(c1cccc(C)c1)S(C)(=O)=O. The number of rotatable bonds is 7. The van der Waals surface area contributed by atoms with Crippen molar-refractivity contribution in [2.24, 2.45) is 0 Å². The Morgan fingerprint density at radius 2 is 1.85 bits per heavy atom. The first kappa shape index (κ1) is 20.3. The van der Waals surface area contributed by atoms with Crippen LogP contribution in [0.25, 0.3) is 0 Å². The third-order valence-electron chi connectivity index (χ3n) is 3.97. The van der Waals surface area contributed by atoms with E-state index in [2.05, 4.69) is 5.32 Å². The van der Waals surface area contributed by atoms with Crippen LogP contribution in [-0.4, -0.2) is 26.6 Å². The van der Waals surface area contributed by atoms with Gasteiger partial charge >= 0.3 is 0 Å². The molecule has 0 aliphatic heterocycles. The largest absolute Gasteiger partial charge is 0.350 e. The van der Waals surface area contributed by atoms with Crippen molar-refractivity contribution >= 4 is 33.2 Å². The molecule has 2 aromatic carbocycles. The zero-order valence-electron chi connectivity index (χ0n) is 15.1. The smallest absolute Gasteiger partial charge is 0.244 e. The van der Waals surface area contributed by atoms with Crippen LogP contribution < -0.4 is 9.62 Å². The van der Waals surface area contributed by atoms with Crippen LogP contribution in [0.5, 0.6) is 0 Å². The second-order valence-electron chi connectivity index (χ2n) is 6.17. The molecule has 0 aliphatic rings. The Labute approximate surface area is 160 Å². The molecule has 1 unspecified atom stereocenters. The number of anilines is 1. The van der Waals surface area contributed by atoms with Gasteiger partial charge in [-0.2, -0.15) is 0 Å². The van der Waals surface area contributed by atoms with Gasteiger partial charge in [-0.15, -0.1) is 0 Å². The number of benzene rings is 2. The fourth-order valence-electron chi connectivity index (χ4n) is 2.73. The van der Waals surface area contributed by atoms with Crippen molar-refractivity contribution in [3.05, 3.63) is 64.7 Å². The Morgan fingerprint density at radius 1 is 1.19 bits per heavy atom. The molecule has 5 nitrogen and oxygen atoms in total. The Balaban J connectivity index is 2.23. The van der Waals surface area contributed by atoms with E-state index in [4.69, 9.17) is 11.6 Å². The lowest BCUT2D eigenvalue weighted by molar-refractivity contribution is -0.122. The van der Waals surface area contributed by atoms with Gasteiger partial charge in [0.25, 0.3) is 0 Å². The van der Waals surface area contributed by atoms with Gasteiger partial charge in [-0.25, -0.2) is 8.42 Å². The van der Waals surface area contributed by atoms with E-state index in [9.17, 15) is 13.2 Å². The molecule has 2 rings (SSSR count). The van der Waals surface area contributed by atoms with Gasteiger partial charge in [0.2, 0.25) is 15.9 Å². The van der Waals surface area contributed by atoms with Crippen molar-refractivity contribution < 1.29 is 13.2 Å². The number of halogens is 1. The topological polar surface area (TPSA) is 66.5 Å². The lowest BCUT2D eigenvalue weighted by Gasteiger charge is -2.30. The summed E-state index contributed by atoms with van der Waals surface area (Å²) in [7, 11) is -3.62. The monoisotopic (exact) mass is 394 g/mol. The quantitative estimate of drug-likeness (QED) is 0.781.